The van der Waals surface area contributed by atoms with Crippen molar-refractivity contribution in [1.82, 2.24) is 4.98 Å². The highest BCUT2D eigenvalue weighted by Gasteiger charge is 2.30. The Kier molecular flexibility index (Phi) is 5.72. The normalized spacial score (nSPS) is 11.1. The number of aromatic nitrogens is 1. The van der Waals surface area contributed by atoms with Crippen LogP contribution in [0.3, 0.4) is 0 Å². The third-order valence-corrected chi connectivity index (χ3v) is 4.17. The fourth-order valence-electron chi connectivity index (χ4n) is 2.70. The van der Waals surface area contributed by atoms with Crippen molar-refractivity contribution in [2.24, 2.45) is 5.73 Å². The fourth-order valence-corrected chi connectivity index (χ4v) is 2.70. The van der Waals surface area contributed by atoms with Gasteiger partial charge in [-0.2, -0.15) is 13.2 Å². The highest BCUT2D eigenvalue weighted by Crippen LogP contribution is 2.30. The number of nitrogens with zero attached hydrogens (tertiary/aromatic N) is 1. The molecule has 3 N–H and O–H groups in total. The first-order chi connectivity index (χ1) is 14.1. The van der Waals surface area contributed by atoms with E-state index in [0.717, 1.165) is 12.1 Å². The maximum Gasteiger partial charge on any atom is 0.417 e. The minimum Gasteiger partial charge on any atom is -0.439 e. The number of nitrogens with two attached hydrogens (primary N) is 1. The minimum atomic E-state index is -4.48. The Hall–Kier alpha value is -3.88. The average Bonchev–Trinajstić information content (AvgIpc) is 2.68. The van der Waals surface area contributed by atoms with Crippen LogP contribution in [0.25, 0.3) is 0 Å². The zero-order valence-corrected chi connectivity index (χ0v) is 15.7. The van der Waals surface area contributed by atoms with Crippen LogP contribution in [-0.4, -0.2) is 16.8 Å². The molecule has 0 radical (unpaired) electrons. The van der Waals surface area contributed by atoms with E-state index in [0.29, 0.717) is 17.4 Å². The molecule has 0 bridgehead atoms. The maximum atomic E-state index is 12.6. The molecular formula is C21H16F3N3O3. The summed E-state index contributed by atoms with van der Waals surface area (Å²) in [6.07, 6.45) is -3.80. The SMILES string of the molecule is Cc1cccc(NC(=O)c2ccc(Oc3ccc(C(F)(F)F)cn3)cc2)c1C(N)=O. The van der Waals surface area contributed by atoms with Crippen molar-refractivity contribution in [2.75, 3.05) is 5.32 Å². The Morgan fingerprint density at radius 1 is 1.03 bits per heavy atom. The second-order valence-corrected chi connectivity index (χ2v) is 6.33. The van der Waals surface area contributed by atoms with Crippen LogP contribution in [0.2, 0.25) is 0 Å². The summed E-state index contributed by atoms with van der Waals surface area (Å²) in [6.45, 7) is 1.71. The van der Waals surface area contributed by atoms with E-state index in [4.69, 9.17) is 10.5 Å². The minimum absolute atomic E-state index is 0.0222. The average molecular weight is 415 g/mol. The van der Waals surface area contributed by atoms with E-state index < -0.39 is 23.6 Å². The topological polar surface area (TPSA) is 94.3 Å². The van der Waals surface area contributed by atoms with Crippen LogP contribution in [0.4, 0.5) is 18.9 Å². The smallest absolute Gasteiger partial charge is 0.417 e. The fraction of sp³-hybridized carbons (Fsp3) is 0.0952. The van der Waals surface area contributed by atoms with E-state index in [1.54, 1.807) is 25.1 Å². The Morgan fingerprint density at radius 3 is 2.30 bits per heavy atom. The number of primary amides is 1. The van der Waals surface area contributed by atoms with Gasteiger partial charge < -0.3 is 15.8 Å². The molecule has 1 heterocycles. The van der Waals surface area contributed by atoms with Gasteiger partial charge in [-0.3, -0.25) is 9.59 Å². The molecule has 6 nitrogen and oxygen atoms in total. The number of ether oxygens (including phenoxy) is 1. The highest BCUT2D eigenvalue weighted by molar-refractivity contribution is 6.09. The summed E-state index contributed by atoms with van der Waals surface area (Å²) in [6, 6.07) is 12.8. The molecule has 3 aromatic rings. The van der Waals surface area contributed by atoms with Crippen molar-refractivity contribution in [3.05, 3.63) is 83.0 Å². The summed E-state index contributed by atoms with van der Waals surface area (Å²) < 4.78 is 43.1. The molecule has 0 fully saturated rings. The van der Waals surface area contributed by atoms with Crippen LogP contribution in [0.15, 0.2) is 60.8 Å². The molecule has 0 unspecified atom stereocenters. The van der Waals surface area contributed by atoms with Gasteiger partial charge in [0.15, 0.2) is 0 Å². The lowest BCUT2D eigenvalue weighted by atomic mass is 10.1. The van der Waals surface area contributed by atoms with Crippen LogP contribution in [0.1, 0.15) is 31.8 Å². The predicted molar refractivity (Wildman–Crippen MR) is 103 cm³/mol. The number of benzene rings is 2. The highest BCUT2D eigenvalue weighted by atomic mass is 19.4. The summed E-state index contributed by atoms with van der Waals surface area (Å²) in [5.41, 5.74) is 5.92. The molecule has 0 atom stereocenters. The van der Waals surface area contributed by atoms with Gasteiger partial charge in [-0.25, -0.2) is 4.98 Å². The summed E-state index contributed by atoms with van der Waals surface area (Å²) in [4.78, 5) is 27.7. The Balaban J connectivity index is 1.71. The lowest BCUT2D eigenvalue weighted by molar-refractivity contribution is -0.137. The van der Waals surface area contributed by atoms with E-state index in [1.165, 1.54) is 24.3 Å². The third kappa shape index (κ3) is 4.75. The number of amides is 2. The first-order valence-corrected chi connectivity index (χ1v) is 8.67. The molecule has 0 aliphatic carbocycles. The predicted octanol–water partition coefficient (Wildman–Crippen LogP) is 4.55. The van der Waals surface area contributed by atoms with E-state index in [-0.39, 0.29) is 22.8 Å². The zero-order chi connectivity index (χ0) is 21.9. The monoisotopic (exact) mass is 415 g/mol. The molecule has 3 rings (SSSR count). The number of pyridine rings is 1. The Bertz CT molecular complexity index is 1080. The quantitative estimate of drug-likeness (QED) is 0.639. The lowest BCUT2D eigenvalue weighted by Gasteiger charge is -2.12. The number of aryl methyl sites for hydroxylation is 1. The second-order valence-electron chi connectivity index (χ2n) is 6.33. The van der Waals surface area contributed by atoms with Crippen LogP contribution >= 0.6 is 0 Å². The largest absolute Gasteiger partial charge is 0.439 e. The molecule has 0 spiro atoms. The third-order valence-electron chi connectivity index (χ3n) is 4.17. The van der Waals surface area contributed by atoms with E-state index in [2.05, 4.69) is 10.3 Å². The molecule has 1 aromatic heterocycles. The maximum absolute atomic E-state index is 12.6. The van der Waals surface area contributed by atoms with Gasteiger partial charge in [0.05, 0.1) is 16.8 Å². The van der Waals surface area contributed by atoms with Crippen molar-refractivity contribution >= 4 is 17.5 Å². The van der Waals surface area contributed by atoms with Crippen LogP contribution in [-0.2, 0) is 6.18 Å². The summed E-state index contributed by atoms with van der Waals surface area (Å²) >= 11 is 0. The molecular weight excluding hydrogens is 399 g/mol. The number of hydrogen-bond acceptors (Lipinski definition) is 4. The van der Waals surface area contributed by atoms with E-state index in [9.17, 15) is 22.8 Å². The molecule has 0 saturated heterocycles. The van der Waals surface area contributed by atoms with Crippen molar-refractivity contribution in [2.45, 2.75) is 13.1 Å². The van der Waals surface area contributed by atoms with Gasteiger partial charge in [-0.1, -0.05) is 12.1 Å². The van der Waals surface area contributed by atoms with Crippen LogP contribution in [0.5, 0.6) is 11.6 Å². The van der Waals surface area contributed by atoms with Crippen molar-refractivity contribution in [3.8, 4) is 11.6 Å². The van der Waals surface area contributed by atoms with Gasteiger partial charge in [0.1, 0.15) is 5.75 Å². The number of carbonyl (C=O) groups excluding carboxylic acids is 2. The number of rotatable bonds is 5. The Labute approximate surface area is 169 Å². The number of alkyl halides is 3. The molecule has 0 aliphatic rings. The molecule has 2 aromatic carbocycles. The van der Waals surface area contributed by atoms with E-state index in [1.807, 2.05) is 0 Å². The zero-order valence-electron chi connectivity index (χ0n) is 15.7. The van der Waals surface area contributed by atoms with Crippen molar-refractivity contribution < 1.29 is 27.5 Å². The van der Waals surface area contributed by atoms with Gasteiger partial charge in [0.2, 0.25) is 5.88 Å². The summed E-state index contributed by atoms with van der Waals surface area (Å²) in [7, 11) is 0. The molecule has 0 aliphatic heterocycles. The second kappa shape index (κ2) is 8.24. The van der Waals surface area contributed by atoms with Crippen molar-refractivity contribution in [1.29, 1.82) is 0 Å². The first-order valence-electron chi connectivity index (χ1n) is 8.67. The van der Waals surface area contributed by atoms with Gasteiger partial charge in [0.25, 0.3) is 11.8 Å². The molecule has 2 amide bonds. The molecule has 154 valence electrons. The van der Waals surface area contributed by atoms with Gasteiger partial charge >= 0.3 is 6.18 Å². The van der Waals surface area contributed by atoms with E-state index >= 15 is 0 Å². The number of anilines is 1. The van der Waals surface area contributed by atoms with Crippen LogP contribution in [0, 0.1) is 6.92 Å². The summed E-state index contributed by atoms with van der Waals surface area (Å²) in [5, 5.41) is 2.64. The standard InChI is InChI=1S/C21H16F3N3O3/c1-12-3-2-4-16(18(12)19(25)28)27-20(29)13-5-8-15(9-6-13)30-17-10-7-14(11-26-17)21(22,23)24/h2-11H,1H3,(H2,25,28)(H,27,29). The number of halogens is 3. The first kappa shape index (κ1) is 20.8. The van der Waals surface area contributed by atoms with Crippen LogP contribution < -0.4 is 15.8 Å². The summed E-state index contributed by atoms with van der Waals surface area (Å²) in [5.74, 6) is -0.864. The van der Waals surface area contributed by atoms with Crippen molar-refractivity contribution in [3.63, 3.8) is 0 Å². The van der Waals surface area contributed by atoms with Gasteiger partial charge in [-0.15, -0.1) is 0 Å². The van der Waals surface area contributed by atoms with Gasteiger partial charge in [-0.05, 0) is 48.9 Å². The number of hydrogen-bond donors (Lipinski definition) is 2. The Morgan fingerprint density at radius 2 is 1.73 bits per heavy atom. The molecule has 9 heteroatoms. The molecule has 30 heavy (non-hydrogen) atoms. The number of carbonyl (C=O) groups is 2. The van der Waals surface area contributed by atoms with Gasteiger partial charge in [0, 0.05) is 17.8 Å². The number of nitrogens with one attached hydrogen (secondary N) is 1. The molecule has 0 saturated carbocycles. The lowest BCUT2D eigenvalue weighted by Crippen LogP contribution is -2.19.